The van der Waals surface area contributed by atoms with Crippen molar-refractivity contribution < 1.29 is 5.11 Å². The van der Waals surface area contributed by atoms with Crippen molar-refractivity contribution in [3.05, 3.63) is 29.5 Å². The van der Waals surface area contributed by atoms with Gasteiger partial charge in [0, 0.05) is 17.8 Å². The van der Waals surface area contributed by atoms with Crippen LogP contribution in [-0.2, 0) is 0 Å². The number of nitrogens with zero attached hydrogens (tertiary/aromatic N) is 1. The van der Waals surface area contributed by atoms with Crippen LogP contribution in [0.15, 0.2) is 18.3 Å². The van der Waals surface area contributed by atoms with Crippen molar-refractivity contribution in [2.75, 3.05) is 13.1 Å². The molecule has 0 radical (unpaired) electrons. The molecule has 0 spiro atoms. The molecule has 4 nitrogen and oxygen atoms in total. The summed E-state index contributed by atoms with van der Waals surface area (Å²) in [7, 11) is 0. The fourth-order valence-electron chi connectivity index (χ4n) is 2.73. The molecule has 90 valence electrons. The van der Waals surface area contributed by atoms with Gasteiger partial charge in [0.15, 0.2) is 0 Å². The zero-order chi connectivity index (χ0) is 11.8. The Labute approximate surface area is 100 Å². The molecule has 1 aromatic heterocycles. The molecule has 4 heteroatoms. The molecule has 1 aliphatic heterocycles. The van der Waals surface area contributed by atoms with Gasteiger partial charge in [-0.05, 0) is 43.1 Å². The molecule has 3 N–H and O–H groups in total. The van der Waals surface area contributed by atoms with Crippen LogP contribution in [0.2, 0.25) is 0 Å². The van der Waals surface area contributed by atoms with Gasteiger partial charge < -0.3 is 10.4 Å². The lowest BCUT2D eigenvalue weighted by atomic mass is 9.85. The van der Waals surface area contributed by atoms with E-state index in [0.29, 0.717) is 6.54 Å². The Morgan fingerprint density at radius 3 is 3.12 bits per heavy atom. The highest BCUT2D eigenvalue weighted by molar-refractivity contribution is 5.79. The van der Waals surface area contributed by atoms with Crippen LogP contribution in [0.5, 0.6) is 0 Å². The topological polar surface area (TPSA) is 60.9 Å². The van der Waals surface area contributed by atoms with Crippen molar-refractivity contribution in [3.63, 3.8) is 0 Å². The molecular weight excluding hydrogens is 214 g/mol. The van der Waals surface area contributed by atoms with Crippen LogP contribution in [0.4, 0.5) is 0 Å². The van der Waals surface area contributed by atoms with E-state index in [1.807, 2.05) is 6.20 Å². The van der Waals surface area contributed by atoms with E-state index in [1.54, 1.807) is 0 Å². The number of fused-ring (bicyclic) bond motifs is 1. The largest absolute Gasteiger partial charge is 0.391 e. The number of aryl methyl sites for hydroxylation is 1. The van der Waals surface area contributed by atoms with Gasteiger partial charge in [-0.2, -0.15) is 5.10 Å². The highest BCUT2D eigenvalue weighted by atomic mass is 16.3. The maximum Gasteiger partial charge on any atom is 0.0733 e. The van der Waals surface area contributed by atoms with Gasteiger partial charge in [0.1, 0.15) is 0 Å². The van der Waals surface area contributed by atoms with Gasteiger partial charge >= 0.3 is 0 Å². The smallest absolute Gasteiger partial charge is 0.0733 e. The van der Waals surface area contributed by atoms with E-state index in [4.69, 9.17) is 0 Å². The molecule has 1 aromatic carbocycles. The highest BCUT2D eigenvalue weighted by Crippen LogP contribution is 2.30. The van der Waals surface area contributed by atoms with Crippen LogP contribution < -0.4 is 5.32 Å². The number of aromatic nitrogens is 2. The van der Waals surface area contributed by atoms with Gasteiger partial charge in [0.2, 0.25) is 0 Å². The molecule has 0 amide bonds. The molecular formula is C13H17N3O. The molecule has 2 atom stereocenters. The number of β-amino-alcohol motifs (C(OH)–C–C–N with tert-alkyl or cyclic N) is 1. The summed E-state index contributed by atoms with van der Waals surface area (Å²) in [6.45, 7) is 3.77. The number of aromatic amines is 1. The Balaban J connectivity index is 2.05. The number of benzene rings is 1. The molecule has 0 bridgehead atoms. The normalized spacial score (nSPS) is 25.3. The average molecular weight is 231 g/mol. The number of aliphatic hydroxyl groups is 1. The van der Waals surface area contributed by atoms with Crippen LogP contribution in [0.1, 0.15) is 23.5 Å². The lowest BCUT2D eigenvalue weighted by Crippen LogP contribution is -2.39. The van der Waals surface area contributed by atoms with Crippen LogP contribution >= 0.6 is 0 Å². The standard InChI is InChI=1S/C13H17N3O/c1-8-4-9-6-15-16-12(9)5-11(8)10-2-3-14-7-13(10)17/h4-6,10,13-14,17H,2-3,7H2,1H3,(H,15,16). The first kappa shape index (κ1) is 10.7. The second kappa shape index (κ2) is 4.13. The zero-order valence-corrected chi connectivity index (χ0v) is 9.90. The summed E-state index contributed by atoms with van der Waals surface area (Å²) in [5.41, 5.74) is 3.54. The van der Waals surface area contributed by atoms with Crippen molar-refractivity contribution >= 4 is 10.9 Å². The van der Waals surface area contributed by atoms with Crippen LogP contribution in [0, 0.1) is 6.92 Å². The van der Waals surface area contributed by atoms with Gasteiger partial charge in [-0.1, -0.05) is 0 Å². The summed E-state index contributed by atoms with van der Waals surface area (Å²) in [5.74, 6) is 0.240. The van der Waals surface area contributed by atoms with Crippen molar-refractivity contribution in [2.45, 2.75) is 25.4 Å². The van der Waals surface area contributed by atoms with E-state index in [1.165, 1.54) is 11.1 Å². The summed E-state index contributed by atoms with van der Waals surface area (Å²) >= 11 is 0. The predicted octanol–water partition coefficient (Wildman–Crippen LogP) is 1.31. The second-order valence-corrected chi connectivity index (χ2v) is 4.83. The first-order valence-corrected chi connectivity index (χ1v) is 6.08. The lowest BCUT2D eigenvalue weighted by Gasteiger charge is -2.29. The van der Waals surface area contributed by atoms with Crippen LogP contribution in [-0.4, -0.2) is 34.5 Å². The molecule has 2 unspecified atom stereocenters. The van der Waals surface area contributed by atoms with E-state index >= 15 is 0 Å². The minimum Gasteiger partial charge on any atom is -0.391 e. The van der Waals surface area contributed by atoms with Gasteiger partial charge in [-0.3, -0.25) is 5.10 Å². The molecule has 0 saturated carbocycles. The van der Waals surface area contributed by atoms with Crippen LogP contribution in [0.25, 0.3) is 10.9 Å². The van der Waals surface area contributed by atoms with Gasteiger partial charge in [0.25, 0.3) is 0 Å². The fourth-order valence-corrected chi connectivity index (χ4v) is 2.73. The first-order chi connectivity index (χ1) is 8.25. The predicted molar refractivity (Wildman–Crippen MR) is 67.1 cm³/mol. The number of hydrogen-bond donors (Lipinski definition) is 3. The molecule has 2 aromatic rings. The Morgan fingerprint density at radius 2 is 2.29 bits per heavy atom. The molecule has 1 fully saturated rings. The van der Waals surface area contributed by atoms with Crippen molar-refractivity contribution in [1.82, 2.24) is 15.5 Å². The van der Waals surface area contributed by atoms with Crippen molar-refractivity contribution in [1.29, 1.82) is 0 Å². The summed E-state index contributed by atoms with van der Waals surface area (Å²) < 4.78 is 0. The third-order valence-corrected chi connectivity index (χ3v) is 3.68. The average Bonchev–Trinajstić information content (AvgIpc) is 2.76. The number of rotatable bonds is 1. The summed E-state index contributed by atoms with van der Waals surface area (Å²) in [5, 5.41) is 21.5. The SMILES string of the molecule is Cc1cc2cn[nH]c2cc1C1CCNCC1O. The summed E-state index contributed by atoms with van der Waals surface area (Å²) in [6, 6.07) is 4.28. The number of hydrogen-bond acceptors (Lipinski definition) is 3. The van der Waals surface area contributed by atoms with E-state index in [-0.39, 0.29) is 12.0 Å². The highest BCUT2D eigenvalue weighted by Gasteiger charge is 2.25. The quantitative estimate of drug-likeness (QED) is 0.693. The molecule has 3 rings (SSSR count). The Kier molecular flexibility index (Phi) is 2.61. The monoisotopic (exact) mass is 231 g/mol. The lowest BCUT2D eigenvalue weighted by molar-refractivity contribution is 0.118. The number of nitrogens with one attached hydrogen (secondary N) is 2. The molecule has 17 heavy (non-hydrogen) atoms. The number of piperidine rings is 1. The van der Waals surface area contributed by atoms with Crippen molar-refractivity contribution in [3.8, 4) is 0 Å². The van der Waals surface area contributed by atoms with E-state index < -0.39 is 0 Å². The number of H-pyrrole nitrogens is 1. The van der Waals surface area contributed by atoms with Crippen molar-refractivity contribution in [2.24, 2.45) is 0 Å². The molecule has 0 aliphatic carbocycles. The molecule has 1 aliphatic rings. The Morgan fingerprint density at radius 1 is 1.41 bits per heavy atom. The first-order valence-electron chi connectivity index (χ1n) is 6.08. The van der Waals surface area contributed by atoms with E-state index in [9.17, 15) is 5.11 Å². The third-order valence-electron chi connectivity index (χ3n) is 3.68. The summed E-state index contributed by atoms with van der Waals surface area (Å²) in [4.78, 5) is 0. The maximum atomic E-state index is 10.1. The summed E-state index contributed by atoms with van der Waals surface area (Å²) in [6.07, 6.45) is 2.54. The van der Waals surface area contributed by atoms with Gasteiger partial charge in [-0.25, -0.2) is 0 Å². The zero-order valence-electron chi connectivity index (χ0n) is 9.90. The molecule has 1 saturated heterocycles. The minimum absolute atomic E-state index is 0.240. The molecule has 2 heterocycles. The van der Waals surface area contributed by atoms with Gasteiger partial charge in [0.05, 0.1) is 17.8 Å². The van der Waals surface area contributed by atoms with Gasteiger partial charge in [-0.15, -0.1) is 0 Å². The minimum atomic E-state index is -0.289. The maximum absolute atomic E-state index is 10.1. The second-order valence-electron chi connectivity index (χ2n) is 4.83. The Hall–Kier alpha value is -1.39. The third kappa shape index (κ3) is 1.83. The fraction of sp³-hybridized carbons (Fsp3) is 0.462. The Bertz CT molecular complexity index is 534. The van der Waals surface area contributed by atoms with E-state index in [0.717, 1.165) is 23.9 Å². The van der Waals surface area contributed by atoms with E-state index in [2.05, 4.69) is 34.6 Å². The van der Waals surface area contributed by atoms with Crippen LogP contribution in [0.3, 0.4) is 0 Å². The number of aliphatic hydroxyl groups excluding tert-OH is 1.